The highest BCUT2D eigenvalue weighted by Gasteiger charge is 2.19. The van der Waals surface area contributed by atoms with Crippen molar-refractivity contribution in [2.45, 2.75) is 6.54 Å². The Morgan fingerprint density at radius 1 is 1.04 bits per heavy atom. The number of nitrogens with one attached hydrogen (secondary N) is 1. The minimum Gasteiger partial charge on any atom is -0.467 e. The fraction of sp³-hybridized carbons (Fsp3) is 0.231. The summed E-state index contributed by atoms with van der Waals surface area (Å²) in [5.41, 5.74) is -0.642. The number of carbonyl (C=O) groups is 1. The molecule has 0 spiro atoms. The molecule has 0 atom stereocenters. The number of methoxy groups -OCH3 is 2. The van der Waals surface area contributed by atoms with Crippen LogP contribution in [0.4, 0.5) is 13.2 Å². The van der Waals surface area contributed by atoms with E-state index in [0.717, 1.165) is 6.07 Å². The molecule has 1 aromatic heterocycles. The molecule has 0 radical (unpaired) electrons. The average molecular weight is 328 g/mol. The Kier molecular flexibility index (Phi) is 4.94. The van der Waals surface area contributed by atoms with Gasteiger partial charge in [-0.05, 0) is 12.1 Å². The van der Waals surface area contributed by atoms with E-state index in [1.165, 1.54) is 14.2 Å². The van der Waals surface area contributed by atoms with Crippen molar-refractivity contribution in [2.75, 3.05) is 14.2 Å². The number of ether oxygens (including phenoxy) is 2. The van der Waals surface area contributed by atoms with Gasteiger partial charge >= 0.3 is 12.0 Å². The Morgan fingerprint density at radius 3 is 2.22 bits per heavy atom. The number of nitrogens with zero attached hydrogens (tertiary/aromatic N) is 3. The number of amides is 1. The van der Waals surface area contributed by atoms with E-state index in [2.05, 4.69) is 20.3 Å². The number of halogens is 3. The predicted molar refractivity (Wildman–Crippen MR) is 70.4 cm³/mol. The number of rotatable bonds is 5. The number of hydrogen-bond donors (Lipinski definition) is 1. The smallest absolute Gasteiger partial charge is 0.322 e. The first-order valence-corrected chi connectivity index (χ1v) is 6.21. The SMILES string of the molecule is COc1nc(CNC(=O)c2ccc(F)c(F)c2F)nc(OC)n1. The minimum absolute atomic E-state index is 0.0416. The van der Waals surface area contributed by atoms with Gasteiger partial charge in [-0.2, -0.15) is 9.97 Å². The largest absolute Gasteiger partial charge is 0.467 e. The van der Waals surface area contributed by atoms with Crippen molar-refractivity contribution in [2.24, 2.45) is 0 Å². The van der Waals surface area contributed by atoms with Crippen LogP contribution in [0.2, 0.25) is 0 Å². The zero-order chi connectivity index (χ0) is 17.0. The van der Waals surface area contributed by atoms with E-state index in [0.29, 0.717) is 6.07 Å². The van der Waals surface area contributed by atoms with Crippen LogP contribution in [0.5, 0.6) is 12.0 Å². The van der Waals surface area contributed by atoms with Crippen LogP contribution in [0.3, 0.4) is 0 Å². The van der Waals surface area contributed by atoms with Crippen LogP contribution in [0.15, 0.2) is 12.1 Å². The Labute approximate surface area is 128 Å². The summed E-state index contributed by atoms with van der Waals surface area (Å²) in [6.45, 7) is -0.230. The predicted octanol–water partition coefficient (Wildman–Crippen LogP) is 1.24. The number of benzene rings is 1. The van der Waals surface area contributed by atoms with Gasteiger partial charge < -0.3 is 14.8 Å². The number of carbonyl (C=O) groups excluding carboxylic acids is 1. The zero-order valence-corrected chi connectivity index (χ0v) is 12.1. The fourth-order valence-corrected chi connectivity index (χ4v) is 1.60. The van der Waals surface area contributed by atoms with Crippen molar-refractivity contribution >= 4 is 5.91 Å². The highest BCUT2D eigenvalue weighted by atomic mass is 19.2. The van der Waals surface area contributed by atoms with Crippen molar-refractivity contribution in [1.82, 2.24) is 20.3 Å². The maximum atomic E-state index is 13.5. The minimum atomic E-state index is -1.72. The second-order valence-corrected chi connectivity index (χ2v) is 4.13. The van der Waals surface area contributed by atoms with Crippen LogP contribution in [-0.2, 0) is 6.54 Å². The second-order valence-electron chi connectivity index (χ2n) is 4.13. The molecule has 0 unspecified atom stereocenters. The molecule has 1 heterocycles. The number of hydrogen-bond acceptors (Lipinski definition) is 6. The van der Waals surface area contributed by atoms with Crippen LogP contribution >= 0.6 is 0 Å². The average Bonchev–Trinajstić information content (AvgIpc) is 2.57. The van der Waals surface area contributed by atoms with E-state index in [1.54, 1.807) is 0 Å². The third kappa shape index (κ3) is 3.65. The lowest BCUT2D eigenvalue weighted by atomic mass is 10.2. The van der Waals surface area contributed by atoms with Gasteiger partial charge in [0.25, 0.3) is 5.91 Å². The van der Waals surface area contributed by atoms with Crippen LogP contribution in [0.25, 0.3) is 0 Å². The molecule has 0 bridgehead atoms. The molecule has 1 amide bonds. The van der Waals surface area contributed by atoms with Gasteiger partial charge in [0.1, 0.15) is 0 Å². The lowest BCUT2D eigenvalue weighted by Crippen LogP contribution is -2.25. The molecule has 2 rings (SSSR count). The quantitative estimate of drug-likeness (QED) is 0.831. The molecule has 2 aromatic rings. The molecule has 10 heteroatoms. The van der Waals surface area contributed by atoms with Crippen LogP contribution in [-0.4, -0.2) is 35.1 Å². The first-order chi connectivity index (χ1) is 11.0. The molecule has 0 aliphatic heterocycles. The van der Waals surface area contributed by atoms with Gasteiger partial charge in [-0.25, -0.2) is 13.2 Å². The van der Waals surface area contributed by atoms with Gasteiger partial charge in [0.2, 0.25) is 0 Å². The fourth-order valence-electron chi connectivity index (χ4n) is 1.60. The van der Waals surface area contributed by atoms with E-state index < -0.39 is 28.9 Å². The summed E-state index contributed by atoms with van der Waals surface area (Å²) in [6, 6.07) is 1.40. The highest BCUT2D eigenvalue weighted by Crippen LogP contribution is 2.15. The molecular weight excluding hydrogens is 317 g/mol. The molecule has 1 aromatic carbocycles. The molecule has 0 saturated carbocycles. The summed E-state index contributed by atoms with van der Waals surface area (Å²) in [5, 5.41) is 2.27. The van der Waals surface area contributed by atoms with Crippen molar-refractivity contribution in [1.29, 1.82) is 0 Å². The second kappa shape index (κ2) is 6.90. The van der Waals surface area contributed by atoms with Crippen molar-refractivity contribution in [3.8, 4) is 12.0 Å². The first-order valence-electron chi connectivity index (χ1n) is 6.21. The van der Waals surface area contributed by atoms with E-state index in [9.17, 15) is 18.0 Å². The molecule has 122 valence electrons. The van der Waals surface area contributed by atoms with Gasteiger partial charge in [-0.15, -0.1) is 4.98 Å². The van der Waals surface area contributed by atoms with E-state index >= 15 is 0 Å². The molecule has 0 saturated heterocycles. The van der Waals surface area contributed by atoms with Crippen molar-refractivity contribution in [3.05, 3.63) is 41.0 Å². The lowest BCUT2D eigenvalue weighted by Gasteiger charge is -2.08. The maximum absolute atomic E-state index is 13.5. The van der Waals surface area contributed by atoms with Crippen LogP contribution in [0, 0.1) is 17.5 Å². The van der Waals surface area contributed by atoms with Crippen LogP contribution in [0.1, 0.15) is 16.2 Å². The van der Waals surface area contributed by atoms with Gasteiger partial charge in [-0.3, -0.25) is 4.79 Å². The maximum Gasteiger partial charge on any atom is 0.322 e. The summed E-state index contributed by atoms with van der Waals surface area (Å²) in [7, 11) is 2.65. The topological polar surface area (TPSA) is 86.2 Å². The summed E-state index contributed by atoms with van der Waals surface area (Å²) in [6.07, 6.45) is 0. The molecule has 23 heavy (non-hydrogen) atoms. The van der Waals surface area contributed by atoms with Crippen molar-refractivity contribution < 1.29 is 27.4 Å². The Morgan fingerprint density at radius 2 is 1.65 bits per heavy atom. The van der Waals surface area contributed by atoms with Gasteiger partial charge in [0, 0.05) is 0 Å². The van der Waals surface area contributed by atoms with Gasteiger partial charge in [-0.1, -0.05) is 0 Å². The monoisotopic (exact) mass is 328 g/mol. The summed E-state index contributed by atoms with van der Waals surface area (Å²) >= 11 is 0. The Hall–Kier alpha value is -2.91. The highest BCUT2D eigenvalue weighted by molar-refractivity contribution is 5.94. The van der Waals surface area contributed by atoms with Gasteiger partial charge in [0.05, 0.1) is 26.3 Å². The standard InChI is InChI=1S/C13H11F3N4O3/c1-22-12-18-8(19-13(20-12)23-2)5-17-11(21)6-3-4-7(14)10(16)9(6)15/h3-4H,5H2,1-2H3,(H,17,21). The third-order valence-electron chi connectivity index (χ3n) is 2.69. The molecule has 1 N–H and O–H groups in total. The summed E-state index contributed by atoms with van der Waals surface area (Å²) in [4.78, 5) is 23.3. The van der Waals surface area contributed by atoms with E-state index in [1.807, 2.05) is 0 Å². The van der Waals surface area contributed by atoms with Gasteiger partial charge in [0.15, 0.2) is 23.3 Å². The molecule has 7 nitrogen and oxygen atoms in total. The van der Waals surface area contributed by atoms with E-state index in [-0.39, 0.29) is 24.4 Å². The summed E-state index contributed by atoms with van der Waals surface area (Å²) in [5.74, 6) is -5.56. The Balaban J connectivity index is 2.15. The lowest BCUT2D eigenvalue weighted by molar-refractivity contribution is 0.0944. The zero-order valence-electron chi connectivity index (χ0n) is 12.1. The van der Waals surface area contributed by atoms with Crippen LogP contribution < -0.4 is 14.8 Å². The molecule has 0 aliphatic carbocycles. The first kappa shape index (κ1) is 16.5. The van der Waals surface area contributed by atoms with Crippen molar-refractivity contribution in [3.63, 3.8) is 0 Å². The molecule has 0 fully saturated rings. The van der Waals surface area contributed by atoms with E-state index in [4.69, 9.17) is 9.47 Å². The third-order valence-corrected chi connectivity index (χ3v) is 2.69. The Bertz CT molecular complexity index is 720. The number of aromatic nitrogens is 3. The summed E-state index contributed by atoms with van der Waals surface area (Å²) < 4.78 is 49.1. The molecular formula is C13H11F3N4O3. The normalized spacial score (nSPS) is 10.3. The molecule has 0 aliphatic rings.